The van der Waals surface area contributed by atoms with Crippen LogP contribution in [-0.2, 0) is 4.74 Å². The molecule has 0 spiro atoms. The minimum Gasteiger partial charge on any atom is -0.507 e. The van der Waals surface area contributed by atoms with Crippen molar-refractivity contribution in [3.05, 3.63) is 28.8 Å². The maximum absolute atomic E-state index is 11.8. The number of rotatable bonds is 1. The van der Waals surface area contributed by atoms with Crippen LogP contribution >= 0.6 is 0 Å². The Morgan fingerprint density at radius 1 is 1.44 bits per heavy atom. The molecule has 1 aliphatic rings. The van der Waals surface area contributed by atoms with E-state index in [4.69, 9.17) is 4.74 Å². The predicted molar refractivity (Wildman–Crippen MR) is 60.8 cm³/mol. The molecule has 0 aliphatic carbocycles. The van der Waals surface area contributed by atoms with Crippen LogP contribution in [-0.4, -0.2) is 17.2 Å². The molecule has 1 aliphatic heterocycles. The maximum Gasteiger partial charge on any atom is 0.342 e. The van der Waals surface area contributed by atoms with Gasteiger partial charge in [0.15, 0.2) is 0 Å². The minimum atomic E-state index is -0.402. The summed E-state index contributed by atoms with van der Waals surface area (Å²) in [5, 5.41) is 9.89. The summed E-state index contributed by atoms with van der Waals surface area (Å²) in [5.74, 6) is -0.200. The third kappa shape index (κ3) is 1.47. The second-order valence-electron chi connectivity index (χ2n) is 4.34. The summed E-state index contributed by atoms with van der Waals surface area (Å²) >= 11 is 0. The molecule has 1 aromatic rings. The number of carbonyl (C=O) groups excluding carboxylic acids is 1. The number of cyclic esters (lactones) is 1. The van der Waals surface area contributed by atoms with Gasteiger partial charge in [0.05, 0.1) is 0 Å². The number of esters is 1. The lowest BCUT2D eigenvalue weighted by Crippen LogP contribution is -2.30. The molecular formula is C13H16O3. The summed E-state index contributed by atoms with van der Waals surface area (Å²) in [6, 6.07) is 3.76. The Bertz CT molecular complexity index is 437. The van der Waals surface area contributed by atoms with Crippen molar-refractivity contribution in [2.75, 3.05) is 0 Å². The Morgan fingerprint density at radius 2 is 2.12 bits per heavy atom. The number of aryl methyl sites for hydroxylation is 1. The fourth-order valence-electron chi connectivity index (χ4n) is 2.24. The summed E-state index contributed by atoms with van der Waals surface area (Å²) in [5.41, 5.74) is 1.95. The number of phenolic OH excluding ortho intramolecular Hbond substituents is 1. The smallest absolute Gasteiger partial charge is 0.342 e. The Labute approximate surface area is 95.0 Å². The van der Waals surface area contributed by atoms with Gasteiger partial charge in [0, 0.05) is 5.92 Å². The first-order valence-corrected chi connectivity index (χ1v) is 5.59. The first-order chi connectivity index (χ1) is 7.56. The van der Waals surface area contributed by atoms with Crippen molar-refractivity contribution in [3.8, 4) is 5.75 Å². The summed E-state index contributed by atoms with van der Waals surface area (Å²) in [6.45, 7) is 5.79. The number of hydrogen-bond acceptors (Lipinski definition) is 3. The molecule has 0 saturated carbocycles. The highest BCUT2D eigenvalue weighted by molar-refractivity contribution is 5.96. The lowest BCUT2D eigenvalue weighted by Gasteiger charge is -2.30. The van der Waals surface area contributed by atoms with Gasteiger partial charge in [-0.15, -0.1) is 0 Å². The summed E-state index contributed by atoms with van der Waals surface area (Å²) < 4.78 is 5.31. The van der Waals surface area contributed by atoms with Crippen LogP contribution in [0.3, 0.4) is 0 Å². The molecule has 2 rings (SSSR count). The van der Waals surface area contributed by atoms with Crippen LogP contribution in [0.25, 0.3) is 0 Å². The van der Waals surface area contributed by atoms with Crippen LogP contribution in [0.5, 0.6) is 5.75 Å². The Hall–Kier alpha value is -1.51. The largest absolute Gasteiger partial charge is 0.507 e. The van der Waals surface area contributed by atoms with Gasteiger partial charge in [-0.3, -0.25) is 0 Å². The van der Waals surface area contributed by atoms with E-state index in [1.54, 1.807) is 6.92 Å². The van der Waals surface area contributed by atoms with Crippen molar-refractivity contribution in [3.63, 3.8) is 0 Å². The number of hydrogen-bond donors (Lipinski definition) is 1. The molecule has 0 bridgehead atoms. The van der Waals surface area contributed by atoms with Crippen LogP contribution in [0, 0.1) is 6.92 Å². The SMILES string of the molecule is CC[C@H]1OC(=O)c2c(ccc(C)c2O)[C@H]1C. The van der Waals surface area contributed by atoms with Crippen molar-refractivity contribution in [2.45, 2.75) is 39.2 Å². The first kappa shape index (κ1) is 11.0. The molecule has 0 aromatic heterocycles. The number of benzene rings is 1. The standard InChI is InChI=1S/C13H16O3/c1-4-10-8(3)9-6-5-7(2)12(14)11(9)13(15)16-10/h5-6,8,10,14H,4H2,1-3H3/t8-,10-/m1/s1. The zero-order valence-corrected chi connectivity index (χ0v) is 9.78. The number of carbonyl (C=O) groups is 1. The van der Waals surface area contributed by atoms with E-state index in [0.29, 0.717) is 11.1 Å². The van der Waals surface area contributed by atoms with Crippen LogP contribution in [0.15, 0.2) is 12.1 Å². The molecule has 0 unspecified atom stereocenters. The molecular weight excluding hydrogens is 204 g/mol. The average molecular weight is 220 g/mol. The van der Waals surface area contributed by atoms with Gasteiger partial charge in [0.2, 0.25) is 0 Å². The van der Waals surface area contributed by atoms with Gasteiger partial charge >= 0.3 is 5.97 Å². The van der Waals surface area contributed by atoms with Gasteiger partial charge in [0.25, 0.3) is 0 Å². The van der Waals surface area contributed by atoms with Crippen LogP contribution in [0.1, 0.15) is 47.7 Å². The Morgan fingerprint density at radius 3 is 2.75 bits per heavy atom. The second-order valence-corrected chi connectivity index (χ2v) is 4.34. The average Bonchev–Trinajstić information content (AvgIpc) is 2.27. The van der Waals surface area contributed by atoms with Crippen LogP contribution < -0.4 is 0 Å². The van der Waals surface area contributed by atoms with Gasteiger partial charge in [-0.1, -0.05) is 26.0 Å². The minimum absolute atomic E-state index is 0.0592. The van der Waals surface area contributed by atoms with E-state index >= 15 is 0 Å². The van der Waals surface area contributed by atoms with E-state index in [1.165, 1.54) is 0 Å². The fraction of sp³-hybridized carbons (Fsp3) is 0.462. The molecule has 0 radical (unpaired) electrons. The Balaban J connectivity index is 2.58. The number of phenols is 1. The highest BCUT2D eigenvalue weighted by Crippen LogP contribution is 2.38. The lowest BCUT2D eigenvalue weighted by atomic mass is 9.86. The predicted octanol–water partition coefficient (Wildman–Crippen LogP) is 2.75. The zero-order valence-electron chi connectivity index (χ0n) is 9.78. The third-order valence-electron chi connectivity index (χ3n) is 3.33. The van der Waals surface area contributed by atoms with E-state index in [1.807, 2.05) is 26.0 Å². The summed E-state index contributed by atoms with van der Waals surface area (Å²) in [7, 11) is 0. The number of aromatic hydroxyl groups is 1. The van der Waals surface area contributed by atoms with Gasteiger partial charge < -0.3 is 9.84 Å². The lowest BCUT2D eigenvalue weighted by molar-refractivity contribution is 0.0176. The summed E-state index contributed by atoms with van der Waals surface area (Å²) in [4.78, 5) is 11.8. The normalized spacial score (nSPS) is 23.8. The van der Waals surface area contributed by atoms with Crippen molar-refractivity contribution < 1.29 is 14.6 Å². The number of ether oxygens (including phenoxy) is 1. The molecule has 0 saturated heterocycles. The van der Waals surface area contributed by atoms with E-state index in [0.717, 1.165) is 12.0 Å². The van der Waals surface area contributed by atoms with Crippen molar-refractivity contribution in [1.29, 1.82) is 0 Å². The van der Waals surface area contributed by atoms with E-state index in [9.17, 15) is 9.90 Å². The Kier molecular flexibility index (Phi) is 2.62. The van der Waals surface area contributed by atoms with Gasteiger partial charge in [0.1, 0.15) is 17.4 Å². The molecule has 0 fully saturated rings. The van der Waals surface area contributed by atoms with E-state index in [-0.39, 0.29) is 17.8 Å². The topological polar surface area (TPSA) is 46.5 Å². The van der Waals surface area contributed by atoms with Crippen LogP contribution in [0.4, 0.5) is 0 Å². The fourth-order valence-corrected chi connectivity index (χ4v) is 2.24. The zero-order chi connectivity index (χ0) is 11.9. The first-order valence-electron chi connectivity index (χ1n) is 5.59. The van der Waals surface area contributed by atoms with Crippen molar-refractivity contribution >= 4 is 5.97 Å². The van der Waals surface area contributed by atoms with E-state index < -0.39 is 5.97 Å². The van der Waals surface area contributed by atoms with Gasteiger partial charge in [-0.2, -0.15) is 0 Å². The highest BCUT2D eigenvalue weighted by Gasteiger charge is 2.34. The van der Waals surface area contributed by atoms with Crippen molar-refractivity contribution in [1.82, 2.24) is 0 Å². The highest BCUT2D eigenvalue weighted by atomic mass is 16.5. The van der Waals surface area contributed by atoms with Gasteiger partial charge in [-0.05, 0) is 24.5 Å². The molecule has 3 nitrogen and oxygen atoms in total. The van der Waals surface area contributed by atoms with Crippen LogP contribution in [0.2, 0.25) is 0 Å². The van der Waals surface area contributed by atoms with Crippen molar-refractivity contribution in [2.24, 2.45) is 0 Å². The number of fused-ring (bicyclic) bond motifs is 1. The second kappa shape index (κ2) is 3.81. The molecule has 3 heteroatoms. The quantitative estimate of drug-likeness (QED) is 0.740. The molecule has 2 atom stereocenters. The molecule has 16 heavy (non-hydrogen) atoms. The molecule has 1 N–H and O–H groups in total. The third-order valence-corrected chi connectivity index (χ3v) is 3.33. The molecule has 1 aromatic carbocycles. The summed E-state index contributed by atoms with van der Waals surface area (Å²) in [6.07, 6.45) is 0.711. The molecule has 86 valence electrons. The monoisotopic (exact) mass is 220 g/mol. The van der Waals surface area contributed by atoms with E-state index in [2.05, 4.69) is 0 Å². The maximum atomic E-state index is 11.8. The molecule has 0 amide bonds. The van der Waals surface area contributed by atoms with Gasteiger partial charge in [-0.25, -0.2) is 4.79 Å². The molecule has 1 heterocycles.